The van der Waals surface area contributed by atoms with E-state index in [1.165, 1.54) is 0 Å². The van der Waals surface area contributed by atoms with Crippen LogP contribution in [0.3, 0.4) is 0 Å². The van der Waals surface area contributed by atoms with E-state index < -0.39 is 0 Å². The maximum absolute atomic E-state index is 10.7. The molecule has 0 bridgehead atoms. The molecule has 0 aromatic heterocycles. The lowest BCUT2D eigenvalue weighted by Gasteiger charge is -2.05. The van der Waals surface area contributed by atoms with E-state index in [0.717, 1.165) is 11.8 Å². The number of aldehydes is 1. The number of ether oxygens (including phenoxy) is 1. The van der Waals surface area contributed by atoms with Crippen LogP contribution in [0.25, 0.3) is 0 Å². The van der Waals surface area contributed by atoms with Gasteiger partial charge < -0.3 is 4.74 Å². The van der Waals surface area contributed by atoms with E-state index in [0.29, 0.717) is 17.9 Å². The summed E-state index contributed by atoms with van der Waals surface area (Å²) in [6.07, 6.45) is 2.45. The van der Waals surface area contributed by atoms with Gasteiger partial charge in [-0.2, -0.15) is 0 Å². The molecular weight excluding hydrogens is 176 g/mol. The standard InChI is InChI=1S/C12H12O2/c1-3-4-7-14-12-6-5-10(2)8-11(12)9-13/h4-6,8-9H,1,7H2,2H3. The normalized spacial score (nSPS) is 8.93. The van der Waals surface area contributed by atoms with Crippen molar-refractivity contribution in [2.24, 2.45) is 0 Å². The largest absolute Gasteiger partial charge is 0.488 e. The van der Waals surface area contributed by atoms with Gasteiger partial charge in [-0.1, -0.05) is 18.2 Å². The molecule has 0 saturated carbocycles. The maximum Gasteiger partial charge on any atom is 0.153 e. The zero-order valence-corrected chi connectivity index (χ0v) is 8.12. The quantitative estimate of drug-likeness (QED) is 0.536. The van der Waals surface area contributed by atoms with Gasteiger partial charge in [0.1, 0.15) is 12.4 Å². The van der Waals surface area contributed by atoms with Crippen molar-refractivity contribution in [3.05, 3.63) is 47.7 Å². The number of hydrogen-bond donors (Lipinski definition) is 0. The van der Waals surface area contributed by atoms with Crippen LogP contribution in [0.15, 0.2) is 36.6 Å². The number of rotatable bonds is 4. The molecule has 0 aliphatic heterocycles. The van der Waals surface area contributed by atoms with E-state index in [-0.39, 0.29) is 0 Å². The number of carbonyl (C=O) groups is 1. The van der Waals surface area contributed by atoms with Crippen molar-refractivity contribution >= 4 is 6.29 Å². The predicted molar refractivity (Wildman–Crippen MR) is 55.8 cm³/mol. The van der Waals surface area contributed by atoms with Crippen LogP contribution in [0.4, 0.5) is 0 Å². The Bertz CT molecular complexity index is 374. The Morgan fingerprint density at radius 1 is 1.57 bits per heavy atom. The van der Waals surface area contributed by atoms with Crippen molar-refractivity contribution in [2.45, 2.75) is 6.92 Å². The molecule has 0 saturated heterocycles. The summed E-state index contributed by atoms with van der Waals surface area (Å²) < 4.78 is 5.33. The van der Waals surface area contributed by atoms with E-state index in [9.17, 15) is 4.79 Å². The molecule has 0 amide bonds. The summed E-state index contributed by atoms with van der Waals surface area (Å²) in [4.78, 5) is 10.7. The van der Waals surface area contributed by atoms with Crippen LogP contribution in [0, 0.1) is 6.92 Å². The molecule has 0 heterocycles. The van der Waals surface area contributed by atoms with Gasteiger partial charge in [-0.25, -0.2) is 0 Å². The molecule has 0 spiro atoms. The van der Waals surface area contributed by atoms with Crippen LogP contribution in [0.2, 0.25) is 0 Å². The molecule has 0 unspecified atom stereocenters. The van der Waals surface area contributed by atoms with Crippen LogP contribution >= 0.6 is 0 Å². The zero-order valence-electron chi connectivity index (χ0n) is 8.12. The highest BCUT2D eigenvalue weighted by molar-refractivity contribution is 5.79. The lowest BCUT2D eigenvalue weighted by molar-refractivity contribution is 0.112. The first-order chi connectivity index (χ1) is 6.77. The fraction of sp³-hybridized carbons (Fsp3) is 0.167. The summed E-state index contributed by atoms with van der Waals surface area (Å²) in [5, 5.41) is 0. The van der Waals surface area contributed by atoms with Gasteiger partial charge in [0.05, 0.1) is 5.56 Å². The van der Waals surface area contributed by atoms with Crippen molar-refractivity contribution in [1.82, 2.24) is 0 Å². The summed E-state index contributed by atoms with van der Waals surface area (Å²) >= 11 is 0. The van der Waals surface area contributed by atoms with Crippen molar-refractivity contribution in [3.63, 3.8) is 0 Å². The van der Waals surface area contributed by atoms with Gasteiger partial charge in [-0.3, -0.25) is 4.79 Å². The Kier molecular flexibility index (Phi) is 3.71. The van der Waals surface area contributed by atoms with Crippen LogP contribution in [0.1, 0.15) is 15.9 Å². The molecule has 0 fully saturated rings. The molecule has 0 aliphatic carbocycles. The average molecular weight is 188 g/mol. The van der Waals surface area contributed by atoms with Gasteiger partial charge in [-0.15, -0.1) is 5.73 Å². The summed E-state index contributed by atoms with van der Waals surface area (Å²) in [7, 11) is 0. The molecule has 14 heavy (non-hydrogen) atoms. The number of carbonyl (C=O) groups excluding carboxylic acids is 1. The molecule has 1 rings (SSSR count). The van der Waals surface area contributed by atoms with Crippen molar-refractivity contribution in [1.29, 1.82) is 0 Å². The second-order valence-corrected chi connectivity index (χ2v) is 2.88. The SMILES string of the molecule is C=C=CCOc1ccc(C)cc1C=O. The van der Waals surface area contributed by atoms with Gasteiger partial charge in [0.25, 0.3) is 0 Å². The second kappa shape index (κ2) is 5.05. The molecule has 1 aromatic carbocycles. The monoisotopic (exact) mass is 188 g/mol. The highest BCUT2D eigenvalue weighted by atomic mass is 16.5. The first-order valence-electron chi connectivity index (χ1n) is 4.31. The van der Waals surface area contributed by atoms with Gasteiger partial charge in [-0.05, 0) is 25.1 Å². The Morgan fingerprint density at radius 2 is 2.36 bits per heavy atom. The summed E-state index contributed by atoms with van der Waals surface area (Å²) in [6.45, 7) is 5.73. The minimum atomic E-state index is 0.382. The van der Waals surface area contributed by atoms with Gasteiger partial charge in [0.2, 0.25) is 0 Å². The highest BCUT2D eigenvalue weighted by Crippen LogP contribution is 2.17. The van der Waals surface area contributed by atoms with E-state index in [1.54, 1.807) is 18.2 Å². The molecule has 0 radical (unpaired) electrons. The Hall–Kier alpha value is -1.79. The third-order valence-corrected chi connectivity index (χ3v) is 1.76. The smallest absolute Gasteiger partial charge is 0.153 e. The van der Waals surface area contributed by atoms with Crippen molar-refractivity contribution in [2.75, 3.05) is 6.61 Å². The number of aryl methyl sites for hydroxylation is 1. The summed E-state index contributed by atoms with van der Waals surface area (Å²) in [5.74, 6) is 0.595. The predicted octanol–water partition coefficient (Wildman–Crippen LogP) is 2.53. The Labute approximate surface area is 83.5 Å². The average Bonchev–Trinajstić information content (AvgIpc) is 2.20. The molecule has 0 atom stereocenters. The molecule has 2 nitrogen and oxygen atoms in total. The fourth-order valence-electron chi connectivity index (χ4n) is 1.08. The lowest BCUT2D eigenvalue weighted by atomic mass is 10.1. The summed E-state index contributed by atoms with van der Waals surface area (Å²) in [6, 6.07) is 5.48. The van der Waals surface area contributed by atoms with E-state index in [4.69, 9.17) is 4.74 Å². The topological polar surface area (TPSA) is 26.3 Å². The molecular formula is C12H12O2. The first-order valence-corrected chi connectivity index (χ1v) is 4.31. The number of hydrogen-bond acceptors (Lipinski definition) is 2. The molecule has 0 aliphatic rings. The summed E-state index contributed by atoms with van der Waals surface area (Å²) in [5.41, 5.74) is 4.21. The van der Waals surface area contributed by atoms with E-state index >= 15 is 0 Å². The highest BCUT2D eigenvalue weighted by Gasteiger charge is 2.01. The fourth-order valence-corrected chi connectivity index (χ4v) is 1.08. The van der Waals surface area contributed by atoms with Crippen molar-refractivity contribution in [3.8, 4) is 5.75 Å². The van der Waals surface area contributed by atoms with E-state index in [2.05, 4.69) is 12.3 Å². The first kappa shape index (κ1) is 10.3. The Balaban J connectivity index is 2.84. The van der Waals surface area contributed by atoms with Crippen LogP contribution in [0.5, 0.6) is 5.75 Å². The Morgan fingerprint density at radius 3 is 3.00 bits per heavy atom. The molecule has 72 valence electrons. The van der Waals surface area contributed by atoms with E-state index in [1.807, 2.05) is 13.0 Å². The minimum Gasteiger partial charge on any atom is -0.488 e. The van der Waals surface area contributed by atoms with Crippen LogP contribution in [-0.4, -0.2) is 12.9 Å². The van der Waals surface area contributed by atoms with Crippen molar-refractivity contribution < 1.29 is 9.53 Å². The third-order valence-electron chi connectivity index (χ3n) is 1.76. The minimum absolute atomic E-state index is 0.382. The molecule has 2 heteroatoms. The van der Waals surface area contributed by atoms with Gasteiger partial charge in [0.15, 0.2) is 6.29 Å². The van der Waals surface area contributed by atoms with Crippen LogP contribution < -0.4 is 4.74 Å². The zero-order chi connectivity index (χ0) is 10.4. The van der Waals surface area contributed by atoms with Crippen LogP contribution in [-0.2, 0) is 0 Å². The number of benzene rings is 1. The third kappa shape index (κ3) is 2.61. The second-order valence-electron chi connectivity index (χ2n) is 2.88. The molecule has 1 aromatic rings. The van der Waals surface area contributed by atoms with Gasteiger partial charge in [0, 0.05) is 0 Å². The van der Waals surface area contributed by atoms with Gasteiger partial charge >= 0.3 is 0 Å². The maximum atomic E-state index is 10.7. The molecule has 0 N–H and O–H groups in total. The lowest BCUT2D eigenvalue weighted by Crippen LogP contribution is -1.97.